The highest BCUT2D eigenvalue weighted by Crippen LogP contribution is 2.07. The number of aromatic amines is 2. The zero-order valence-electron chi connectivity index (χ0n) is 13.3. The molecule has 2 aromatic rings. The van der Waals surface area contributed by atoms with E-state index in [1.807, 2.05) is 0 Å². The Morgan fingerprint density at radius 3 is 1.58 bits per heavy atom. The third kappa shape index (κ3) is 4.16. The molecule has 1 aliphatic rings. The number of nitro groups is 2. The van der Waals surface area contributed by atoms with Gasteiger partial charge in [-0.1, -0.05) is 0 Å². The van der Waals surface area contributed by atoms with E-state index in [1.165, 1.54) is 12.4 Å². The Kier molecular flexibility index (Phi) is 4.82. The Morgan fingerprint density at radius 2 is 1.27 bits per heavy atom. The van der Waals surface area contributed by atoms with E-state index >= 15 is 0 Å². The third-order valence-electron chi connectivity index (χ3n) is 3.48. The number of hydrazone groups is 2. The SMILES string of the molecule is O=[N+]([O-])c1cnc(/C=N\N2CCN(/N=C/c3ncc([N+](=O)[O-])[nH]3)CC2)[nH]1. The van der Waals surface area contributed by atoms with Crippen LogP contribution in [-0.2, 0) is 0 Å². The van der Waals surface area contributed by atoms with Crippen molar-refractivity contribution in [2.45, 2.75) is 0 Å². The lowest BCUT2D eigenvalue weighted by Crippen LogP contribution is -2.41. The molecular weight excluding hydrogens is 348 g/mol. The minimum atomic E-state index is -0.561. The first kappa shape index (κ1) is 17.0. The Bertz CT molecular complexity index is 778. The zero-order valence-corrected chi connectivity index (χ0v) is 13.3. The fourth-order valence-corrected chi connectivity index (χ4v) is 2.16. The number of hydrogen-bond acceptors (Lipinski definition) is 10. The van der Waals surface area contributed by atoms with E-state index in [0.29, 0.717) is 37.8 Å². The number of nitrogens with zero attached hydrogens (tertiary/aromatic N) is 8. The summed E-state index contributed by atoms with van der Waals surface area (Å²) in [6, 6.07) is 0. The molecule has 0 amide bonds. The molecule has 3 rings (SSSR count). The summed E-state index contributed by atoms with van der Waals surface area (Å²) >= 11 is 0. The normalized spacial score (nSPS) is 15.2. The van der Waals surface area contributed by atoms with Crippen LogP contribution in [0.1, 0.15) is 11.6 Å². The smallest absolute Gasteiger partial charge is 0.340 e. The van der Waals surface area contributed by atoms with Gasteiger partial charge in [-0.05, 0) is 9.85 Å². The lowest BCUT2D eigenvalue weighted by molar-refractivity contribution is -0.389. The summed E-state index contributed by atoms with van der Waals surface area (Å²) in [7, 11) is 0. The minimum Gasteiger partial charge on any atom is -0.358 e. The predicted molar refractivity (Wildman–Crippen MR) is 88.8 cm³/mol. The molecule has 0 bridgehead atoms. The maximum absolute atomic E-state index is 10.6. The second kappa shape index (κ2) is 7.37. The second-order valence-corrected chi connectivity index (χ2v) is 5.22. The van der Waals surface area contributed by atoms with Gasteiger partial charge in [-0.25, -0.2) is 19.9 Å². The van der Waals surface area contributed by atoms with E-state index in [-0.39, 0.29) is 11.6 Å². The van der Waals surface area contributed by atoms with Crippen LogP contribution < -0.4 is 0 Å². The molecule has 26 heavy (non-hydrogen) atoms. The number of rotatable bonds is 6. The van der Waals surface area contributed by atoms with E-state index < -0.39 is 9.85 Å². The highest BCUT2D eigenvalue weighted by atomic mass is 16.6. The topological polar surface area (TPSA) is 175 Å². The molecular formula is C12H14N10O4. The third-order valence-corrected chi connectivity index (χ3v) is 3.48. The largest absolute Gasteiger partial charge is 0.358 e. The maximum atomic E-state index is 10.6. The number of imidazole rings is 2. The lowest BCUT2D eigenvalue weighted by atomic mass is 10.4. The van der Waals surface area contributed by atoms with Gasteiger partial charge in [0.05, 0.1) is 26.2 Å². The van der Waals surface area contributed by atoms with Crippen molar-refractivity contribution in [3.05, 3.63) is 44.3 Å². The van der Waals surface area contributed by atoms with Crippen molar-refractivity contribution < 1.29 is 9.85 Å². The summed E-state index contributed by atoms with van der Waals surface area (Å²) < 4.78 is 0. The summed E-state index contributed by atoms with van der Waals surface area (Å²) in [6.45, 7) is 2.37. The van der Waals surface area contributed by atoms with Crippen LogP contribution in [0.2, 0.25) is 0 Å². The van der Waals surface area contributed by atoms with Gasteiger partial charge in [0.25, 0.3) is 0 Å². The number of nitrogens with one attached hydrogen (secondary N) is 2. The zero-order chi connectivity index (χ0) is 18.5. The molecule has 0 saturated carbocycles. The average Bonchev–Trinajstić information content (AvgIpc) is 3.28. The fraction of sp³-hybridized carbons (Fsp3) is 0.333. The number of aromatic nitrogens is 4. The monoisotopic (exact) mass is 362 g/mol. The molecule has 0 unspecified atom stereocenters. The predicted octanol–water partition coefficient (Wildman–Crippen LogP) is -0.0652. The second-order valence-electron chi connectivity index (χ2n) is 5.22. The molecule has 0 aromatic carbocycles. The summed E-state index contributed by atoms with van der Waals surface area (Å²) in [4.78, 5) is 32.8. The molecule has 3 heterocycles. The van der Waals surface area contributed by atoms with E-state index in [4.69, 9.17) is 0 Å². The first-order valence-electron chi connectivity index (χ1n) is 7.48. The van der Waals surface area contributed by atoms with Gasteiger partial charge in [0.1, 0.15) is 24.8 Å². The van der Waals surface area contributed by atoms with Gasteiger partial charge in [-0.2, -0.15) is 10.2 Å². The molecule has 2 N–H and O–H groups in total. The highest BCUT2D eigenvalue weighted by Gasteiger charge is 2.15. The molecule has 0 atom stereocenters. The van der Waals surface area contributed by atoms with Crippen LogP contribution in [0.3, 0.4) is 0 Å². The van der Waals surface area contributed by atoms with Crippen molar-refractivity contribution >= 4 is 24.1 Å². The molecule has 14 heteroatoms. The number of piperazine rings is 1. The summed E-state index contributed by atoms with van der Waals surface area (Å²) in [6.07, 6.45) is 5.11. The minimum absolute atomic E-state index is 0.191. The van der Waals surface area contributed by atoms with Gasteiger partial charge in [-0.3, -0.25) is 10.0 Å². The van der Waals surface area contributed by atoms with Gasteiger partial charge in [0, 0.05) is 0 Å². The van der Waals surface area contributed by atoms with Crippen LogP contribution >= 0.6 is 0 Å². The molecule has 1 fully saturated rings. The van der Waals surface area contributed by atoms with E-state index in [2.05, 4.69) is 30.1 Å². The molecule has 14 nitrogen and oxygen atoms in total. The van der Waals surface area contributed by atoms with Crippen LogP contribution in [0.4, 0.5) is 11.6 Å². The molecule has 1 saturated heterocycles. The van der Waals surface area contributed by atoms with Crippen LogP contribution in [0.15, 0.2) is 22.6 Å². The lowest BCUT2D eigenvalue weighted by Gasteiger charge is -2.30. The molecule has 136 valence electrons. The highest BCUT2D eigenvalue weighted by molar-refractivity contribution is 5.75. The number of hydrogen-bond donors (Lipinski definition) is 2. The summed E-state index contributed by atoms with van der Waals surface area (Å²) in [5.41, 5.74) is 0. The molecule has 0 radical (unpaired) electrons. The van der Waals surface area contributed by atoms with Crippen LogP contribution in [0, 0.1) is 20.2 Å². The molecule has 1 aliphatic heterocycles. The Hall–Kier alpha value is -3.84. The van der Waals surface area contributed by atoms with Gasteiger partial charge in [0.15, 0.2) is 0 Å². The van der Waals surface area contributed by atoms with Gasteiger partial charge in [0.2, 0.25) is 11.6 Å². The molecule has 2 aromatic heterocycles. The Labute approximate surface area is 145 Å². The quantitative estimate of drug-likeness (QED) is 0.408. The molecule has 0 aliphatic carbocycles. The Balaban J connectivity index is 1.48. The van der Waals surface area contributed by atoms with Crippen LogP contribution in [0.5, 0.6) is 0 Å². The number of H-pyrrole nitrogens is 2. The van der Waals surface area contributed by atoms with Crippen LogP contribution in [-0.4, -0.2) is 78.4 Å². The maximum Gasteiger partial charge on any atom is 0.340 e. The average molecular weight is 362 g/mol. The summed E-state index contributed by atoms with van der Waals surface area (Å²) in [5, 5.41) is 33.2. The van der Waals surface area contributed by atoms with Crippen molar-refractivity contribution in [3.63, 3.8) is 0 Å². The fourth-order valence-electron chi connectivity index (χ4n) is 2.16. The van der Waals surface area contributed by atoms with E-state index in [0.717, 1.165) is 12.4 Å². The van der Waals surface area contributed by atoms with Crippen molar-refractivity contribution in [1.82, 2.24) is 30.0 Å². The van der Waals surface area contributed by atoms with Crippen molar-refractivity contribution in [3.8, 4) is 0 Å². The van der Waals surface area contributed by atoms with Crippen LogP contribution in [0.25, 0.3) is 0 Å². The van der Waals surface area contributed by atoms with Crippen molar-refractivity contribution in [1.29, 1.82) is 0 Å². The molecule has 0 spiro atoms. The standard InChI is InChI=1S/C12H14N10O4/c23-21(24)11-7-13-9(17-11)5-15-19-1-2-20(4-3-19)16-6-10-14-8-12(18-10)22(25)26/h5-8H,1-4H2,(H,13,17)(H,14,18)/b15-5-,16-6+. The van der Waals surface area contributed by atoms with Crippen molar-refractivity contribution in [2.75, 3.05) is 26.2 Å². The Morgan fingerprint density at radius 1 is 0.885 bits per heavy atom. The summed E-state index contributed by atoms with van der Waals surface area (Å²) in [5.74, 6) is 0.223. The van der Waals surface area contributed by atoms with Gasteiger partial charge < -0.3 is 20.2 Å². The first-order chi connectivity index (χ1) is 12.5. The van der Waals surface area contributed by atoms with E-state index in [9.17, 15) is 20.2 Å². The first-order valence-corrected chi connectivity index (χ1v) is 7.48. The van der Waals surface area contributed by atoms with Gasteiger partial charge in [-0.15, -0.1) is 0 Å². The van der Waals surface area contributed by atoms with Gasteiger partial charge >= 0.3 is 11.6 Å². The van der Waals surface area contributed by atoms with Crippen molar-refractivity contribution in [2.24, 2.45) is 10.2 Å². The van der Waals surface area contributed by atoms with E-state index in [1.54, 1.807) is 10.0 Å².